The minimum absolute atomic E-state index is 0.0377. The van der Waals surface area contributed by atoms with Gasteiger partial charge in [-0.2, -0.15) is 4.31 Å². The van der Waals surface area contributed by atoms with E-state index in [0.29, 0.717) is 19.4 Å². The number of carbonyl (C=O) groups is 1. The normalized spacial score (nSPS) is 28.1. The van der Waals surface area contributed by atoms with Crippen molar-refractivity contribution >= 4 is 16.0 Å². The molecule has 1 aliphatic heterocycles. The van der Waals surface area contributed by atoms with Gasteiger partial charge in [0.25, 0.3) is 0 Å². The van der Waals surface area contributed by atoms with Crippen LogP contribution in [0.25, 0.3) is 0 Å². The van der Waals surface area contributed by atoms with Gasteiger partial charge in [-0.1, -0.05) is 0 Å². The van der Waals surface area contributed by atoms with Crippen LogP contribution in [0.2, 0.25) is 0 Å². The van der Waals surface area contributed by atoms with E-state index in [0.717, 1.165) is 6.26 Å². The Kier molecular flexibility index (Phi) is 3.69. The summed E-state index contributed by atoms with van der Waals surface area (Å²) >= 11 is 0. The lowest BCUT2D eigenvalue weighted by Gasteiger charge is -2.21. The molecule has 0 amide bonds. The van der Waals surface area contributed by atoms with Crippen LogP contribution in [0.1, 0.15) is 19.3 Å². The van der Waals surface area contributed by atoms with Crippen molar-refractivity contribution < 1.29 is 18.3 Å². The predicted molar refractivity (Wildman–Crippen MR) is 54.5 cm³/mol. The van der Waals surface area contributed by atoms with Crippen LogP contribution in [0.3, 0.4) is 0 Å². The van der Waals surface area contributed by atoms with Crippen molar-refractivity contribution in [2.24, 2.45) is 11.7 Å². The lowest BCUT2D eigenvalue weighted by Crippen LogP contribution is -2.43. The molecule has 1 unspecified atom stereocenters. The topological polar surface area (TPSA) is 101 Å². The van der Waals surface area contributed by atoms with Crippen LogP contribution in [0.5, 0.6) is 0 Å². The maximum Gasteiger partial charge on any atom is 0.303 e. The van der Waals surface area contributed by atoms with E-state index in [1.165, 1.54) is 4.31 Å². The maximum atomic E-state index is 11.3. The van der Waals surface area contributed by atoms with Gasteiger partial charge in [-0.3, -0.25) is 4.79 Å². The minimum atomic E-state index is -3.26. The molecule has 0 aliphatic carbocycles. The maximum absolute atomic E-state index is 11.3. The predicted octanol–water partition coefficient (Wildman–Crippen LogP) is -0.582. The van der Waals surface area contributed by atoms with Gasteiger partial charge >= 0.3 is 5.97 Å². The fourth-order valence-electron chi connectivity index (χ4n) is 1.86. The fraction of sp³-hybridized carbons (Fsp3) is 0.875. The number of sulfonamides is 1. The first-order valence-corrected chi connectivity index (χ1v) is 6.61. The molecule has 0 radical (unpaired) electrons. The smallest absolute Gasteiger partial charge is 0.303 e. The summed E-state index contributed by atoms with van der Waals surface area (Å²) < 4.78 is 23.8. The Bertz CT molecular complexity index is 341. The molecule has 0 spiro atoms. The molecule has 1 saturated heterocycles. The van der Waals surface area contributed by atoms with E-state index in [1.807, 2.05) is 0 Å². The second kappa shape index (κ2) is 4.46. The SMILES string of the molecule is CS(=O)(=O)N1CCC(CCC(=O)O)[C@H]1N. The quantitative estimate of drug-likeness (QED) is 0.680. The number of nitrogens with two attached hydrogens (primary N) is 1. The van der Waals surface area contributed by atoms with Crippen LogP contribution in [-0.2, 0) is 14.8 Å². The monoisotopic (exact) mass is 236 g/mol. The van der Waals surface area contributed by atoms with E-state index >= 15 is 0 Å². The molecule has 15 heavy (non-hydrogen) atoms. The summed E-state index contributed by atoms with van der Waals surface area (Å²) in [5.74, 6) is -0.921. The highest BCUT2D eigenvalue weighted by molar-refractivity contribution is 7.88. The Balaban J connectivity index is 2.57. The van der Waals surface area contributed by atoms with Crippen molar-refractivity contribution in [1.82, 2.24) is 4.31 Å². The molecule has 1 fully saturated rings. The third kappa shape index (κ3) is 3.15. The standard InChI is InChI=1S/C8H16N2O4S/c1-15(13,14)10-5-4-6(8(10)9)2-3-7(11)12/h6,8H,2-5,9H2,1H3,(H,11,12)/t6?,8-/m0/s1. The number of carboxylic acids is 1. The summed E-state index contributed by atoms with van der Waals surface area (Å²) in [6, 6.07) is 0. The third-order valence-electron chi connectivity index (χ3n) is 2.69. The van der Waals surface area contributed by atoms with Gasteiger partial charge in [0.05, 0.1) is 12.4 Å². The van der Waals surface area contributed by atoms with Gasteiger partial charge in [-0.25, -0.2) is 8.42 Å². The van der Waals surface area contributed by atoms with Crippen molar-refractivity contribution in [2.75, 3.05) is 12.8 Å². The van der Waals surface area contributed by atoms with Crippen LogP contribution in [0.15, 0.2) is 0 Å². The molecule has 88 valence electrons. The average Bonchev–Trinajstić information content (AvgIpc) is 2.42. The zero-order chi connectivity index (χ0) is 11.6. The third-order valence-corrected chi connectivity index (χ3v) is 3.97. The van der Waals surface area contributed by atoms with E-state index in [2.05, 4.69) is 0 Å². The Hall–Kier alpha value is -0.660. The molecule has 0 aromatic rings. The molecule has 1 aliphatic rings. The van der Waals surface area contributed by atoms with Gasteiger partial charge in [-0.15, -0.1) is 0 Å². The van der Waals surface area contributed by atoms with Crippen LogP contribution >= 0.6 is 0 Å². The molecule has 1 rings (SSSR count). The summed E-state index contributed by atoms with van der Waals surface area (Å²) in [4.78, 5) is 10.4. The fourth-order valence-corrected chi connectivity index (χ4v) is 2.91. The van der Waals surface area contributed by atoms with Crippen molar-refractivity contribution in [3.05, 3.63) is 0 Å². The number of hydrogen-bond donors (Lipinski definition) is 2. The first kappa shape index (κ1) is 12.4. The highest BCUT2D eigenvalue weighted by atomic mass is 32.2. The zero-order valence-corrected chi connectivity index (χ0v) is 9.40. The second-order valence-electron chi connectivity index (χ2n) is 3.85. The lowest BCUT2D eigenvalue weighted by atomic mass is 10.0. The Labute approximate surface area is 89.1 Å². The molecule has 3 N–H and O–H groups in total. The summed E-state index contributed by atoms with van der Waals surface area (Å²) in [7, 11) is -3.26. The van der Waals surface area contributed by atoms with Crippen LogP contribution < -0.4 is 5.73 Å². The van der Waals surface area contributed by atoms with E-state index < -0.39 is 22.2 Å². The lowest BCUT2D eigenvalue weighted by molar-refractivity contribution is -0.137. The van der Waals surface area contributed by atoms with Crippen LogP contribution in [0, 0.1) is 5.92 Å². The van der Waals surface area contributed by atoms with E-state index in [4.69, 9.17) is 10.8 Å². The number of rotatable bonds is 4. The first-order chi connectivity index (χ1) is 6.82. The van der Waals surface area contributed by atoms with E-state index in [1.54, 1.807) is 0 Å². The van der Waals surface area contributed by atoms with Gasteiger partial charge in [0.15, 0.2) is 0 Å². The number of hydrogen-bond acceptors (Lipinski definition) is 4. The Morgan fingerprint density at radius 2 is 2.20 bits per heavy atom. The largest absolute Gasteiger partial charge is 0.481 e. The highest BCUT2D eigenvalue weighted by Crippen LogP contribution is 2.26. The highest BCUT2D eigenvalue weighted by Gasteiger charge is 2.36. The number of aliphatic carboxylic acids is 1. The summed E-state index contributed by atoms with van der Waals surface area (Å²) in [6.07, 6.45) is 1.66. The van der Waals surface area contributed by atoms with E-state index in [9.17, 15) is 13.2 Å². The van der Waals surface area contributed by atoms with Gasteiger partial charge in [-0.05, 0) is 18.8 Å². The molecular formula is C8H16N2O4S. The molecule has 2 atom stereocenters. The van der Waals surface area contributed by atoms with Crippen molar-refractivity contribution in [1.29, 1.82) is 0 Å². The molecule has 6 nitrogen and oxygen atoms in total. The van der Waals surface area contributed by atoms with Crippen molar-refractivity contribution in [2.45, 2.75) is 25.4 Å². The van der Waals surface area contributed by atoms with Gasteiger partial charge in [0.2, 0.25) is 10.0 Å². The Morgan fingerprint density at radius 1 is 1.60 bits per heavy atom. The number of carboxylic acid groups (broad SMARTS) is 1. The first-order valence-electron chi connectivity index (χ1n) is 4.76. The second-order valence-corrected chi connectivity index (χ2v) is 5.78. The molecule has 0 aromatic carbocycles. The van der Waals surface area contributed by atoms with Crippen molar-refractivity contribution in [3.63, 3.8) is 0 Å². The Morgan fingerprint density at radius 3 is 2.60 bits per heavy atom. The zero-order valence-electron chi connectivity index (χ0n) is 8.59. The van der Waals surface area contributed by atoms with Crippen LogP contribution in [-0.4, -0.2) is 42.8 Å². The molecule has 0 saturated carbocycles. The molecule has 0 aromatic heterocycles. The summed E-state index contributed by atoms with van der Waals surface area (Å²) in [5, 5.41) is 8.51. The summed E-state index contributed by atoms with van der Waals surface area (Å²) in [5.41, 5.74) is 5.75. The minimum Gasteiger partial charge on any atom is -0.481 e. The van der Waals surface area contributed by atoms with Gasteiger partial charge < -0.3 is 10.8 Å². The van der Waals surface area contributed by atoms with E-state index in [-0.39, 0.29) is 12.3 Å². The van der Waals surface area contributed by atoms with Gasteiger partial charge in [0, 0.05) is 13.0 Å². The van der Waals surface area contributed by atoms with Crippen molar-refractivity contribution in [3.8, 4) is 0 Å². The molecule has 1 heterocycles. The summed E-state index contributed by atoms with van der Waals surface area (Å²) in [6.45, 7) is 0.393. The molecular weight excluding hydrogens is 220 g/mol. The number of nitrogens with zero attached hydrogens (tertiary/aromatic N) is 1. The molecule has 7 heteroatoms. The van der Waals surface area contributed by atoms with Gasteiger partial charge in [0.1, 0.15) is 0 Å². The molecule has 0 bridgehead atoms. The van der Waals surface area contributed by atoms with Crippen LogP contribution in [0.4, 0.5) is 0 Å². The average molecular weight is 236 g/mol.